The molecule has 3 heterocycles. The van der Waals surface area contributed by atoms with E-state index in [0.29, 0.717) is 43.5 Å². The first-order valence-corrected chi connectivity index (χ1v) is 9.57. The average molecular weight is 423 g/mol. The average Bonchev–Trinajstić information content (AvgIpc) is 2.66. The Bertz CT molecular complexity index is 985. The molecule has 0 bridgehead atoms. The minimum Gasteiger partial charge on any atom is -0.353 e. The molecule has 2 aromatic heterocycles. The quantitative estimate of drug-likeness (QED) is 0.803. The third-order valence-corrected chi connectivity index (χ3v) is 4.99. The highest BCUT2D eigenvalue weighted by Crippen LogP contribution is 2.29. The molecule has 0 atom stereocenters. The van der Waals surface area contributed by atoms with Gasteiger partial charge in [-0.05, 0) is 19.1 Å². The summed E-state index contributed by atoms with van der Waals surface area (Å²) >= 11 is 0. The lowest BCUT2D eigenvalue weighted by Crippen LogP contribution is -2.50. The predicted octanol–water partition coefficient (Wildman–Crippen LogP) is 2.75. The van der Waals surface area contributed by atoms with Gasteiger partial charge in [-0.2, -0.15) is 13.2 Å². The Morgan fingerprint density at radius 3 is 2.20 bits per heavy atom. The van der Waals surface area contributed by atoms with Crippen LogP contribution in [0.5, 0.6) is 0 Å². The zero-order chi connectivity index (χ0) is 22.3. The van der Waals surface area contributed by atoms with Gasteiger partial charge in [0.15, 0.2) is 0 Å². The van der Waals surface area contributed by atoms with Crippen LogP contribution in [-0.4, -0.2) is 51.9 Å². The molecule has 1 aliphatic heterocycles. The Labute approximate surface area is 171 Å². The van der Waals surface area contributed by atoms with Gasteiger partial charge in [-0.25, -0.2) is 9.97 Å². The van der Waals surface area contributed by atoms with Crippen molar-refractivity contribution in [2.45, 2.75) is 39.3 Å². The van der Waals surface area contributed by atoms with Crippen LogP contribution < -0.4 is 10.5 Å². The van der Waals surface area contributed by atoms with Crippen LogP contribution >= 0.6 is 0 Å². The van der Waals surface area contributed by atoms with E-state index < -0.39 is 23.2 Å². The van der Waals surface area contributed by atoms with Gasteiger partial charge in [-0.15, -0.1) is 0 Å². The Hall–Kier alpha value is -2.91. The first kappa shape index (κ1) is 21.8. The number of anilines is 1. The number of nitrogens with zero attached hydrogens (tertiary/aromatic N) is 4. The number of carbonyl (C=O) groups is 1. The Morgan fingerprint density at radius 1 is 1.10 bits per heavy atom. The summed E-state index contributed by atoms with van der Waals surface area (Å²) in [5.74, 6) is 0.529. The first-order chi connectivity index (χ1) is 13.9. The number of aromatic nitrogens is 3. The second-order valence-electron chi connectivity index (χ2n) is 8.31. The van der Waals surface area contributed by atoms with Crippen molar-refractivity contribution >= 4 is 11.7 Å². The normalized spacial score (nSPS) is 15.4. The zero-order valence-electron chi connectivity index (χ0n) is 17.3. The van der Waals surface area contributed by atoms with Gasteiger partial charge in [-0.1, -0.05) is 20.8 Å². The fourth-order valence-electron chi connectivity index (χ4n) is 3.23. The topological polar surface area (TPSA) is 82.2 Å². The molecule has 1 aliphatic rings. The molecule has 3 rings (SSSR count). The second-order valence-corrected chi connectivity index (χ2v) is 8.31. The summed E-state index contributed by atoms with van der Waals surface area (Å²) in [6, 6.07) is 2.31. The molecular formula is C20H24F3N5O2. The highest BCUT2D eigenvalue weighted by Gasteiger charge is 2.32. The summed E-state index contributed by atoms with van der Waals surface area (Å²) in [5, 5.41) is 0. The maximum atomic E-state index is 12.9. The molecular weight excluding hydrogens is 399 g/mol. The number of rotatable bonds is 2. The maximum Gasteiger partial charge on any atom is 0.417 e. The van der Waals surface area contributed by atoms with E-state index in [1.165, 1.54) is 6.07 Å². The molecule has 10 heteroatoms. The number of piperazine rings is 1. The minimum atomic E-state index is -4.43. The lowest BCUT2D eigenvalue weighted by atomic mass is 9.95. The standard InChI is InChI=1S/C20H24F3N5O2/c1-12-15(16(29)26-18(25-12)19(2,3)4)17(30)28-9-7-27(8-10-28)14-6-5-13(11-24-14)20(21,22)23/h5-6,11H,7-10H2,1-4H3,(H,25,26,29). The second kappa shape index (κ2) is 7.73. The summed E-state index contributed by atoms with van der Waals surface area (Å²) < 4.78 is 38.1. The van der Waals surface area contributed by atoms with E-state index in [4.69, 9.17) is 0 Å². The SMILES string of the molecule is Cc1nc(C(C)(C)C)[nH]c(=O)c1C(=O)N1CCN(c2ccc(C(F)(F)F)cn2)CC1. The summed E-state index contributed by atoms with van der Waals surface area (Å²) in [4.78, 5) is 39.8. The monoisotopic (exact) mass is 423 g/mol. The lowest BCUT2D eigenvalue weighted by molar-refractivity contribution is -0.137. The van der Waals surface area contributed by atoms with Gasteiger partial charge in [0, 0.05) is 37.8 Å². The van der Waals surface area contributed by atoms with Crippen molar-refractivity contribution in [1.29, 1.82) is 0 Å². The number of hydrogen-bond donors (Lipinski definition) is 1. The van der Waals surface area contributed by atoms with Crippen molar-refractivity contribution in [2.24, 2.45) is 0 Å². The first-order valence-electron chi connectivity index (χ1n) is 9.57. The van der Waals surface area contributed by atoms with E-state index >= 15 is 0 Å². The van der Waals surface area contributed by atoms with Gasteiger partial charge in [0.2, 0.25) is 0 Å². The molecule has 1 saturated heterocycles. The number of nitrogens with one attached hydrogen (secondary N) is 1. The minimum absolute atomic E-state index is 0.0177. The Kier molecular flexibility index (Phi) is 5.62. The molecule has 1 N–H and O–H groups in total. The molecule has 30 heavy (non-hydrogen) atoms. The Morgan fingerprint density at radius 2 is 1.73 bits per heavy atom. The maximum absolute atomic E-state index is 12.9. The molecule has 1 fully saturated rings. The Balaban J connectivity index is 1.71. The number of carbonyl (C=O) groups excluding carboxylic acids is 1. The number of hydrogen-bond acceptors (Lipinski definition) is 5. The van der Waals surface area contributed by atoms with Crippen molar-refractivity contribution < 1.29 is 18.0 Å². The highest BCUT2D eigenvalue weighted by atomic mass is 19.4. The molecule has 0 aromatic carbocycles. The fraction of sp³-hybridized carbons (Fsp3) is 0.500. The fourth-order valence-corrected chi connectivity index (χ4v) is 3.23. The number of alkyl halides is 3. The lowest BCUT2D eigenvalue weighted by Gasteiger charge is -2.35. The van der Waals surface area contributed by atoms with Crippen LogP contribution in [0.1, 0.15) is 48.2 Å². The molecule has 2 aromatic rings. The van der Waals surface area contributed by atoms with Crippen LogP contribution in [0, 0.1) is 6.92 Å². The van der Waals surface area contributed by atoms with Crippen LogP contribution in [0.4, 0.5) is 19.0 Å². The number of halogens is 3. The zero-order valence-corrected chi connectivity index (χ0v) is 17.3. The number of aromatic amines is 1. The van der Waals surface area contributed by atoms with Crippen molar-refractivity contribution in [1.82, 2.24) is 19.9 Å². The van der Waals surface area contributed by atoms with Crippen molar-refractivity contribution in [2.75, 3.05) is 31.1 Å². The molecule has 0 aliphatic carbocycles. The van der Waals surface area contributed by atoms with Gasteiger partial charge in [0.05, 0.1) is 11.3 Å². The largest absolute Gasteiger partial charge is 0.417 e. The van der Waals surface area contributed by atoms with Gasteiger partial charge >= 0.3 is 6.18 Å². The van der Waals surface area contributed by atoms with E-state index in [0.717, 1.165) is 12.3 Å². The molecule has 0 spiro atoms. The van der Waals surface area contributed by atoms with E-state index in [9.17, 15) is 22.8 Å². The third kappa shape index (κ3) is 4.47. The van der Waals surface area contributed by atoms with Crippen LogP contribution in [0.2, 0.25) is 0 Å². The molecule has 0 radical (unpaired) electrons. The van der Waals surface area contributed by atoms with E-state index in [-0.39, 0.29) is 11.0 Å². The summed E-state index contributed by atoms with van der Waals surface area (Å²) in [6.07, 6.45) is -3.63. The molecule has 7 nitrogen and oxygen atoms in total. The highest BCUT2D eigenvalue weighted by molar-refractivity contribution is 5.95. The summed E-state index contributed by atoms with van der Waals surface area (Å²) in [5.41, 5.74) is -1.24. The van der Waals surface area contributed by atoms with Crippen LogP contribution in [0.25, 0.3) is 0 Å². The van der Waals surface area contributed by atoms with Gasteiger partial charge in [0.25, 0.3) is 11.5 Å². The van der Waals surface area contributed by atoms with Crippen molar-refractivity contribution in [3.63, 3.8) is 0 Å². The summed E-state index contributed by atoms with van der Waals surface area (Å²) in [6.45, 7) is 8.83. The van der Waals surface area contributed by atoms with E-state index in [1.54, 1.807) is 11.8 Å². The summed E-state index contributed by atoms with van der Waals surface area (Å²) in [7, 11) is 0. The van der Waals surface area contributed by atoms with E-state index in [2.05, 4.69) is 15.0 Å². The van der Waals surface area contributed by atoms with Crippen LogP contribution in [-0.2, 0) is 11.6 Å². The van der Waals surface area contributed by atoms with Crippen LogP contribution in [0.3, 0.4) is 0 Å². The molecule has 1 amide bonds. The smallest absolute Gasteiger partial charge is 0.353 e. The van der Waals surface area contributed by atoms with Gasteiger partial charge in [-0.3, -0.25) is 9.59 Å². The number of H-pyrrole nitrogens is 1. The predicted molar refractivity (Wildman–Crippen MR) is 106 cm³/mol. The number of pyridine rings is 1. The molecule has 0 unspecified atom stereocenters. The van der Waals surface area contributed by atoms with Gasteiger partial charge < -0.3 is 14.8 Å². The number of aryl methyl sites for hydroxylation is 1. The van der Waals surface area contributed by atoms with Crippen molar-refractivity contribution in [3.05, 3.63) is 51.3 Å². The van der Waals surface area contributed by atoms with Gasteiger partial charge in [0.1, 0.15) is 17.2 Å². The third-order valence-electron chi connectivity index (χ3n) is 4.99. The molecule has 162 valence electrons. The number of amides is 1. The van der Waals surface area contributed by atoms with Crippen molar-refractivity contribution in [3.8, 4) is 0 Å². The van der Waals surface area contributed by atoms with E-state index in [1.807, 2.05) is 25.7 Å². The molecule has 0 saturated carbocycles. The van der Waals surface area contributed by atoms with Crippen LogP contribution in [0.15, 0.2) is 23.1 Å².